The number of carbonyl (C=O) groups excluding carboxylic acids is 2. The van der Waals surface area contributed by atoms with Gasteiger partial charge in [-0.15, -0.1) is 0 Å². The Bertz CT molecular complexity index is 726. The fourth-order valence-electron chi connectivity index (χ4n) is 3.64. The highest BCUT2D eigenvalue weighted by Gasteiger charge is 2.45. The van der Waals surface area contributed by atoms with Gasteiger partial charge in [-0.2, -0.15) is 0 Å². The monoisotopic (exact) mass is 375 g/mol. The number of aliphatic carboxylic acids is 1. The van der Waals surface area contributed by atoms with Crippen LogP contribution in [0.4, 0.5) is 4.79 Å². The molecule has 2 atom stereocenters. The molecule has 2 heterocycles. The molecule has 7 heteroatoms. The summed E-state index contributed by atoms with van der Waals surface area (Å²) in [7, 11) is 0. The number of nitrogens with zero attached hydrogens (tertiary/aromatic N) is 3. The molecule has 0 aromatic carbocycles. The lowest BCUT2D eigenvalue weighted by atomic mass is 9.79. The lowest BCUT2D eigenvalue weighted by molar-refractivity contribution is -0.144. The molecule has 0 spiro atoms. The molecular formula is C20H29N3O4. The van der Waals surface area contributed by atoms with E-state index in [4.69, 9.17) is 0 Å². The summed E-state index contributed by atoms with van der Waals surface area (Å²) < 4.78 is 0. The molecule has 1 aliphatic heterocycles. The zero-order valence-electron chi connectivity index (χ0n) is 16.7. The van der Waals surface area contributed by atoms with Gasteiger partial charge in [-0.3, -0.25) is 14.7 Å². The van der Waals surface area contributed by atoms with Crippen LogP contribution in [0.1, 0.15) is 51.9 Å². The number of hydrogen-bond acceptors (Lipinski definition) is 4. The molecule has 3 amide bonds. The maximum absolute atomic E-state index is 12.9. The molecule has 0 bridgehead atoms. The van der Waals surface area contributed by atoms with Gasteiger partial charge in [-0.1, -0.05) is 40.2 Å². The second-order valence-electron chi connectivity index (χ2n) is 8.38. The SMILES string of the molecule is CC[C@@H](CC(C)(C)C)[C@@H](C(=O)O)N1CC(=O)N(Cc2cccc(C)n2)C1=O. The minimum atomic E-state index is -1.07. The molecule has 1 aliphatic rings. The van der Waals surface area contributed by atoms with Gasteiger partial charge < -0.3 is 10.0 Å². The van der Waals surface area contributed by atoms with Crippen molar-refractivity contribution in [2.75, 3.05) is 6.54 Å². The number of pyridine rings is 1. The summed E-state index contributed by atoms with van der Waals surface area (Å²) in [6, 6.07) is 3.84. The van der Waals surface area contributed by atoms with Crippen molar-refractivity contribution in [1.29, 1.82) is 0 Å². The van der Waals surface area contributed by atoms with E-state index in [0.717, 1.165) is 10.6 Å². The van der Waals surface area contributed by atoms with E-state index in [1.807, 2.05) is 46.8 Å². The van der Waals surface area contributed by atoms with Crippen LogP contribution < -0.4 is 0 Å². The van der Waals surface area contributed by atoms with Crippen molar-refractivity contribution in [3.63, 3.8) is 0 Å². The minimum absolute atomic E-state index is 0.0538. The smallest absolute Gasteiger partial charge is 0.328 e. The summed E-state index contributed by atoms with van der Waals surface area (Å²) in [6.07, 6.45) is 1.27. The molecule has 27 heavy (non-hydrogen) atoms. The average molecular weight is 375 g/mol. The van der Waals surface area contributed by atoms with E-state index in [1.54, 1.807) is 6.07 Å². The first-order valence-corrected chi connectivity index (χ1v) is 9.29. The van der Waals surface area contributed by atoms with Gasteiger partial charge in [0.15, 0.2) is 0 Å². The van der Waals surface area contributed by atoms with Gasteiger partial charge in [0, 0.05) is 5.69 Å². The number of hydrogen-bond donors (Lipinski definition) is 1. The molecule has 1 aromatic heterocycles. The van der Waals surface area contributed by atoms with Gasteiger partial charge in [-0.25, -0.2) is 9.59 Å². The zero-order valence-corrected chi connectivity index (χ0v) is 16.7. The summed E-state index contributed by atoms with van der Waals surface area (Å²) in [5.41, 5.74) is 1.32. The Morgan fingerprint density at radius 3 is 2.48 bits per heavy atom. The molecule has 2 rings (SSSR count). The first kappa shape index (κ1) is 20.9. The van der Waals surface area contributed by atoms with Gasteiger partial charge in [0.2, 0.25) is 0 Å². The highest BCUT2D eigenvalue weighted by molar-refractivity contribution is 6.03. The Morgan fingerprint density at radius 1 is 1.30 bits per heavy atom. The standard InChI is InChI=1S/C20H29N3O4/c1-6-14(10-20(3,4)5)17(18(25)26)23-12-16(24)22(19(23)27)11-15-9-7-8-13(2)21-15/h7-9,14,17H,6,10-12H2,1-5H3,(H,25,26)/t14-,17-/m0/s1. The van der Waals surface area contributed by atoms with Crippen LogP contribution in [0.5, 0.6) is 0 Å². The summed E-state index contributed by atoms with van der Waals surface area (Å²) >= 11 is 0. The Morgan fingerprint density at radius 2 is 1.96 bits per heavy atom. The normalized spacial score (nSPS) is 17.4. The molecule has 0 saturated carbocycles. The third-order valence-electron chi connectivity index (χ3n) is 4.78. The number of rotatable bonds is 7. The highest BCUT2D eigenvalue weighted by Crippen LogP contribution is 2.32. The molecule has 0 radical (unpaired) electrons. The van der Waals surface area contributed by atoms with Crippen molar-refractivity contribution in [2.45, 2.75) is 60.0 Å². The first-order valence-electron chi connectivity index (χ1n) is 9.29. The van der Waals surface area contributed by atoms with E-state index in [2.05, 4.69) is 4.98 Å². The molecular weight excluding hydrogens is 346 g/mol. The molecule has 1 N–H and O–H groups in total. The fraction of sp³-hybridized carbons (Fsp3) is 0.600. The zero-order chi connectivity index (χ0) is 20.4. The highest BCUT2D eigenvalue weighted by atomic mass is 16.4. The maximum Gasteiger partial charge on any atom is 0.328 e. The van der Waals surface area contributed by atoms with Crippen LogP contribution in [-0.4, -0.2) is 50.4 Å². The summed E-state index contributed by atoms with van der Waals surface area (Å²) in [6.45, 7) is 9.73. The van der Waals surface area contributed by atoms with Crippen LogP contribution in [0, 0.1) is 18.3 Å². The second-order valence-corrected chi connectivity index (χ2v) is 8.38. The quantitative estimate of drug-likeness (QED) is 0.740. The molecule has 0 unspecified atom stereocenters. The third kappa shape index (κ3) is 5.05. The van der Waals surface area contributed by atoms with E-state index in [-0.39, 0.29) is 30.3 Å². The summed E-state index contributed by atoms with van der Waals surface area (Å²) in [5, 5.41) is 9.81. The van der Waals surface area contributed by atoms with Crippen LogP contribution in [0.15, 0.2) is 18.2 Å². The molecule has 1 fully saturated rings. The first-order chi connectivity index (χ1) is 12.5. The number of amides is 3. The van der Waals surface area contributed by atoms with E-state index in [0.29, 0.717) is 18.5 Å². The van der Waals surface area contributed by atoms with Crippen LogP contribution in [0.25, 0.3) is 0 Å². The van der Waals surface area contributed by atoms with E-state index < -0.39 is 18.0 Å². The van der Waals surface area contributed by atoms with E-state index in [9.17, 15) is 19.5 Å². The molecule has 148 valence electrons. The maximum atomic E-state index is 12.9. The largest absolute Gasteiger partial charge is 0.480 e. The summed E-state index contributed by atoms with van der Waals surface area (Å²) in [5.74, 6) is -1.68. The number of carboxylic acids is 1. The van der Waals surface area contributed by atoms with E-state index in [1.165, 1.54) is 4.90 Å². The number of carboxylic acid groups (broad SMARTS) is 1. The lowest BCUT2D eigenvalue weighted by Crippen LogP contribution is -2.48. The number of carbonyl (C=O) groups is 3. The van der Waals surface area contributed by atoms with Gasteiger partial charge in [-0.05, 0) is 36.8 Å². The number of imide groups is 1. The van der Waals surface area contributed by atoms with Gasteiger partial charge >= 0.3 is 12.0 Å². The van der Waals surface area contributed by atoms with Crippen molar-refractivity contribution in [1.82, 2.24) is 14.8 Å². The second kappa shape index (κ2) is 8.06. The number of aryl methyl sites for hydroxylation is 1. The van der Waals surface area contributed by atoms with Crippen LogP contribution >= 0.6 is 0 Å². The van der Waals surface area contributed by atoms with Crippen molar-refractivity contribution >= 4 is 17.9 Å². The molecule has 7 nitrogen and oxygen atoms in total. The fourth-order valence-corrected chi connectivity index (χ4v) is 3.64. The van der Waals surface area contributed by atoms with Crippen molar-refractivity contribution in [2.24, 2.45) is 11.3 Å². The topological polar surface area (TPSA) is 90.8 Å². The Kier molecular flexibility index (Phi) is 6.23. The summed E-state index contributed by atoms with van der Waals surface area (Å²) in [4.78, 5) is 44.0. The Hall–Kier alpha value is -2.44. The van der Waals surface area contributed by atoms with Crippen molar-refractivity contribution in [3.8, 4) is 0 Å². The van der Waals surface area contributed by atoms with Crippen molar-refractivity contribution in [3.05, 3.63) is 29.6 Å². The van der Waals surface area contributed by atoms with Gasteiger partial charge in [0.05, 0.1) is 12.2 Å². The Labute approximate surface area is 160 Å². The minimum Gasteiger partial charge on any atom is -0.480 e. The average Bonchev–Trinajstić information content (AvgIpc) is 2.81. The predicted octanol–water partition coefficient (Wildman–Crippen LogP) is 3.07. The van der Waals surface area contributed by atoms with Gasteiger partial charge in [0.1, 0.15) is 12.6 Å². The van der Waals surface area contributed by atoms with Crippen LogP contribution in [0.2, 0.25) is 0 Å². The molecule has 0 aliphatic carbocycles. The third-order valence-corrected chi connectivity index (χ3v) is 4.78. The van der Waals surface area contributed by atoms with Gasteiger partial charge in [0.25, 0.3) is 5.91 Å². The molecule has 1 aromatic rings. The number of aromatic nitrogens is 1. The van der Waals surface area contributed by atoms with Crippen LogP contribution in [-0.2, 0) is 16.1 Å². The molecule has 1 saturated heterocycles. The predicted molar refractivity (Wildman–Crippen MR) is 101 cm³/mol. The Balaban J connectivity index is 2.24. The van der Waals surface area contributed by atoms with Crippen molar-refractivity contribution < 1.29 is 19.5 Å². The lowest BCUT2D eigenvalue weighted by Gasteiger charge is -2.34. The van der Waals surface area contributed by atoms with Crippen LogP contribution in [0.3, 0.4) is 0 Å². The number of urea groups is 1. The van der Waals surface area contributed by atoms with E-state index >= 15 is 0 Å².